The molecule has 1 heterocycles. The zero-order valence-corrected chi connectivity index (χ0v) is 11.7. The molecule has 0 aromatic heterocycles. The third-order valence-corrected chi connectivity index (χ3v) is 3.99. The standard InChI is InChI=1S/C14H15ClFNO3/c1-8-6-17(7-11(8)14(19)20)13(18)4-9-2-3-10(16)5-12(9)15/h2-3,5,8,11H,4,6-7H2,1H3,(H,19,20)/t8-,11-/m1/s1. The third kappa shape index (κ3) is 3.10. The fourth-order valence-corrected chi connectivity index (χ4v) is 2.67. The van der Waals surface area contributed by atoms with Crippen LogP contribution in [0.1, 0.15) is 12.5 Å². The first-order valence-electron chi connectivity index (χ1n) is 6.33. The summed E-state index contributed by atoms with van der Waals surface area (Å²) in [7, 11) is 0. The highest BCUT2D eigenvalue weighted by Gasteiger charge is 2.36. The second kappa shape index (κ2) is 5.79. The summed E-state index contributed by atoms with van der Waals surface area (Å²) in [4.78, 5) is 24.7. The van der Waals surface area contributed by atoms with Gasteiger partial charge in [0.15, 0.2) is 0 Å². The quantitative estimate of drug-likeness (QED) is 0.931. The molecule has 1 amide bonds. The highest BCUT2D eigenvalue weighted by Crippen LogP contribution is 2.25. The number of nitrogens with zero attached hydrogens (tertiary/aromatic N) is 1. The second-order valence-corrected chi connectivity index (χ2v) is 5.54. The molecule has 1 saturated heterocycles. The van der Waals surface area contributed by atoms with E-state index in [1.165, 1.54) is 17.0 Å². The Morgan fingerprint density at radius 2 is 2.15 bits per heavy atom. The van der Waals surface area contributed by atoms with Crippen LogP contribution in [-0.2, 0) is 16.0 Å². The van der Waals surface area contributed by atoms with Gasteiger partial charge >= 0.3 is 5.97 Å². The number of carbonyl (C=O) groups excluding carboxylic acids is 1. The second-order valence-electron chi connectivity index (χ2n) is 5.13. The number of hydrogen-bond acceptors (Lipinski definition) is 2. The van der Waals surface area contributed by atoms with Crippen LogP contribution in [0.3, 0.4) is 0 Å². The zero-order valence-electron chi connectivity index (χ0n) is 11.0. The predicted octanol–water partition coefficient (Wildman–Crippen LogP) is 2.20. The molecule has 1 aromatic rings. The van der Waals surface area contributed by atoms with Crippen molar-refractivity contribution in [2.75, 3.05) is 13.1 Å². The van der Waals surface area contributed by atoms with Crippen molar-refractivity contribution in [1.29, 1.82) is 0 Å². The van der Waals surface area contributed by atoms with Crippen LogP contribution < -0.4 is 0 Å². The summed E-state index contributed by atoms with van der Waals surface area (Å²) < 4.78 is 12.9. The average Bonchev–Trinajstić information content (AvgIpc) is 2.75. The first-order chi connectivity index (χ1) is 9.38. The van der Waals surface area contributed by atoms with Crippen LogP contribution in [0.5, 0.6) is 0 Å². The largest absolute Gasteiger partial charge is 0.481 e. The summed E-state index contributed by atoms with van der Waals surface area (Å²) in [6, 6.07) is 3.89. The Morgan fingerprint density at radius 1 is 1.45 bits per heavy atom. The molecular weight excluding hydrogens is 285 g/mol. The van der Waals surface area contributed by atoms with Gasteiger partial charge in [0, 0.05) is 18.1 Å². The topological polar surface area (TPSA) is 57.6 Å². The van der Waals surface area contributed by atoms with E-state index in [0.717, 1.165) is 6.07 Å². The molecule has 1 N–H and O–H groups in total. The molecule has 0 bridgehead atoms. The lowest BCUT2D eigenvalue weighted by atomic mass is 9.99. The van der Waals surface area contributed by atoms with Crippen LogP contribution in [0, 0.1) is 17.7 Å². The predicted molar refractivity (Wildman–Crippen MR) is 72.0 cm³/mol. The highest BCUT2D eigenvalue weighted by atomic mass is 35.5. The van der Waals surface area contributed by atoms with Crippen LogP contribution in [0.2, 0.25) is 5.02 Å². The van der Waals surface area contributed by atoms with E-state index < -0.39 is 17.7 Å². The Balaban J connectivity index is 2.04. The highest BCUT2D eigenvalue weighted by molar-refractivity contribution is 6.31. The molecule has 108 valence electrons. The van der Waals surface area contributed by atoms with Crippen molar-refractivity contribution < 1.29 is 19.1 Å². The zero-order chi connectivity index (χ0) is 14.9. The van der Waals surface area contributed by atoms with Gasteiger partial charge in [0.05, 0.1) is 12.3 Å². The molecule has 2 rings (SSSR count). The molecule has 0 radical (unpaired) electrons. The lowest BCUT2D eigenvalue weighted by Crippen LogP contribution is -2.31. The van der Waals surface area contributed by atoms with Crippen molar-refractivity contribution in [3.63, 3.8) is 0 Å². The van der Waals surface area contributed by atoms with E-state index in [0.29, 0.717) is 12.1 Å². The number of aliphatic carboxylic acids is 1. The Kier molecular flexibility index (Phi) is 4.28. The van der Waals surface area contributed by atoms with Gasteiger partial charge in [0.1, 0.15) is 5.82 Å². The number of carbonyl (C=O) groups is 2. The lowest BCUT2D eigenvalue weighted by Gasteiger charge is -2.16. The lowest BCUT2D eigenvalue weighted by molar-refractivity contribution is -0.142. The van der Waals surface area contributed by atoms with Gasteiger partial charge in [-0.05, 0) is 23.6 Å². The van der Waals surface area contributed by atoms with Crippen LogP contribution in [0.15, 0.2) is 18.2 Å². The number of amides is 1. The number of carboxylic acid groups (broad SMARTS) is 1. The number of rotatable bonds is 3. The van der Waals surface area contributed by atoms with Crippen LogP contribution >= 0.6 is 11.6 Å². The Bertz CT molecular complexity index is 549. The van der Waals surface area contributed by atoms with E-state index in [1.807, 2.05) is 6.92 Å². The third-order valence-electron chi connectivity index (χ3n) is 3.64. The van der Waals surface area contributed by atoms with E-state index in [1.54, 1.807) is 0 Å². The van der Waals surface area contributed by atoms with Gasteiger partial charge in [0.2, 0.25) is 5.91 Å². The Morgan fingerprint density at radius 3 is 2.70 bits per heavy atom. The molecule has 1 aromatic carbocycles. The molecule has 0 spiro atoms. The summed E-state index contributed by atoms with van der Waals surface area (Å²) in [5, 5.41) is 9.26. The summed E-state index contributed by atoms with van der Waals surface area (Å²) >= 11 is 5.88. The summed E-state index contributed by atoms with van der Waals surface area (Å²) in [6.07, 6.45) is 0.0537. The van der Waals surface area contributed by atoms with Crippen LogP contribution in [0.25, 0.3) is 0 Å². The Labute approximate surface area is 121 Å². The minimum atomic E-state index is -0.882. The number of likely N-dealkylation sites (tertiary alicyclic amines) is 1. The van der Waals surface area contributed by atoms with E-state index in [4.69, 9.17) is 16.7 Å². The number of hydrogen-bond donors (Lipinski definition) is 1. The van der Waals surface area contributed by atoms with Gasteiger partial charge in [0.25, 0.3) is 0 Å². The maximum absolute atomic E-state index is 12.9. The molecular formula is C14H15ClFNO3. The number of carboxylic acids is 1. The van der Waals surface area contributed by atoms with Gasteiger partial charge in [-0.3, -0.25) is 9.59 Å². The van der Waals surface area contributed by atoms with Crippen molar-refractivity contribution in [2.24, 2.45) is 11.8 Å². The minimum Gasteiger partial charge on any atom is -0.481 e. The normalized spacial score (nSPS) is 22.1. The van der Waals surface area contributed by atoms with Gasteiger partial charge in [-0.2, -0.15) is 0 Å². The van der Waals surface area contributed by atoms with Gasteiger partial charge < -0.3 is 10.0 Å². The molecule has 20 heavy (non-hydrogen) atoms. The fourth-order valence-electron chi connectivity index (χ4n) is 2.43. The molecule has 1 fully saturated rings. The number of halogens is 2. The molecule has 2 atom stereocenters. The molecule has 1 aliphatic heterocycles. The maximum atomic E-state index is 12.9. The molecule has 1 aliphatic rings. The minimum absolute atomic E-state index is 0.0537. The Hall–Kier alpha value is -1.62. The molecule has 4 nitrogen and oxygen atoms in total. The monoisotopic (exact) mass is 299 g/mol. The van der Waals surface area contributed by atoms with Gasteiger partial charge in [-0.25, -0.2) is 4.39 Å². The van der Waals surface area contributed by atoms with Gasteiger partial charge in [-0.15, -0.1) is 0 Å². The molecule has 0 saturated carbocycles. The van der Waals surface area contributed by atoms with E-state index in [2.05, 4.69) is 0 Å². The fraction of sp³-hybridized carbons (Fsp3) is 0.429. The maximum Gasteiger partial charge on any atom is 0.308 e. The van der Waals surface area contributed by atoms with Gasteiger partial charge in [-0.1, -0.05) is 24.6 Å². The van der Waals surface area contributed by atoms with Crippen molar-refractivity contribution in [3.05, 3.63) is 34.6 Å². The van der Waals surface area contributed by atoms with E-state index in [-0.39, 0.29) is 29.8 Å². The summed E-state index contributed by atoms with van der Waals surface area (Å²) in [6.45, 7) is 2.46. The SMILES string of the molecule is C[C@@H]1CN(C(=O)Cc2ccc(F)cc2Cl)C[C@H]1C(=O)O. The van der Waals surface area contributed by atoms with Crippen molar-refractivity contribution >= 4 is 23.5 Å². The van der Waals surface area contributed by atoms with Crippen LogP contribution in [0.4, 0.5) is 4.39 Å². The summed E-state index contributed by atoms with van der Waals surface area (Å²) in [5.74, 6) is -2.11. The van der Waals surface area contributed by atoms with Crippen LogP contribution in [-0.4, -0.2) is 35.0 Å². The first-order valence-corrected chi connectivity index (χ1v) is 6.70. The molecule has 0 unspecified atom stereocenters. The van der Waals surface area contributed by atoms with Crippen molar-refractivity contribution in [2.45, 2.75) is 13.3 Å². The summed E-state index contributed by atoms with van der Waals surface area (Å²) in [5.41, 5.74) is 0.546. The average molecular weight is 300 g/mol. The van der Waals surface area contributed by atoms with Crippen molar-refractivity contribution in [1.82, 2.24) is 4.90 Å². The van der Waals surface area contributed by atoms with E-state index in [9.17, 15) is 14.0 Å². The molecule has 6 heteroatoms. The smallest absolute Gasteiger partial charge is 0.308 e. The van der Waals surface area contributed by atoms with E-state index >= 15 is 0 Å². The first kappa shape index (κ1) is 14.8. The van der Waals surface area contributed by atoms with Crippen molar-refractivity contribution in [3.8, 4) is 0 Å². The molecule has 0 aliphatic carbocycles. The number of benzene rings is 1.